The second-order valence-electron chi connectivity index (χ2n) is 3.99. The fourth-order valence-corrected chi connectivity index (χ4v) is 1.92. The molecule has 2 aromatic carbocycles. The molecular weight excluding hydrogens is 297 g/mol. The van der Waals surface area contributed by atoms with E-state index in [-0.39, 0.29) is 12.4 Å². The summed E-state index contributed by atoms with van der Waals surface area (Å²) in [6.45, 7) is 2.06. The van der Waals surface area contributed by atoms with Crippen LogP contribution in [0.1, 0.15) is 11.1 Å². The highest BCUT2D eigenvalue weighted by atomic mass is 79.9. The number of halogens is 2. The van der Waals surface area contributed by atoms with Gasteiger partial charge < -0.3 is 10.5 Å². The van der Waals surface area contributed by atoms with Gasteiger partial charge in [0.15, 0.2) is 0 Å². The third-order valence-electron chi connectivity index (χ3n) is 2.72. The third-order valence-corrected chi connectivity index (χ3v) is 3.22. The summed E-state index contributed by atoms with van der Waals surface area (Å²) < 4.78 is 19.9. The topological polar surface area (TPSA) is 35.2 Å². The maximum atomic E-state index is 13.6. The van der Waals surface area contributed by atoms with Crippen molar-refractivity contribution in [1.82, 2.24) is 0 Å². The van der Waals surface area contributed by atoms with E-state index in [1.807, 2.05) is 25.1 Å². The van der Waals surface area contributed by atoms with Crippen molar-refractivity contribution in [2.45, 2.75) is 13.5 Å². The van der Waals surface area contributed by atoms with Gasteiger partial charge in [0.05, 0.1) is 0 Å². The minimum absolute atomic E-state index is 0.184. The second-order valence-corrected chi connectivity index (χ2v) is 4.91. The lowest BCUT2D eigenvalue weighted by molar-refractivity contribution is 0.298. The summed E-state index contributed by atoms with van der Waals surface area (Å²) in [5, 5.41) is 0. The predicted molar refractivity (Wildman–Crippen MR) is 74.0 cm³/mol. The average Bonchev–Trinajstić information content (AvgIpc) is 2.33. The molecule has 2 rings (SSSR count). The number of hydrogen-bond donors (Lipinski definition) is 1. The Balaban J connectivity index is 2.14. The van der Waals surface area contributed by atoms with E-state index in [9.17, 15) is 4.39 Å². The molecule has 0 heterocycles. The van der Waals surface area contributed by atoms with E-state index in [0.29, 0.717) is 21.5 Å². The van der Waals surface area contributed by atoms with Crippen molar-refractivity contribution in [3.05, 3.63) is 57.8 Å². The van der Waals surface area contributed by atoms with Crippen LogP contribution in [0, 0.1) is 12.7 Å². The van der Waals surface area contributed by atoms with Gasteiger partial charge in [-0.15, -0.1) is 0 Å². The maximum Gasteiger partial charge on any atom is 0.130 e. The van der Waals surface area contributed by atoms with Crippen LogP contribution in [0.4, 0.5) is 10.1 Å². The molecule has 0 aliphatic carbocycles. The van der Waals surface area contributed by atoms with E-state index in [1.54, 1.807) is 12.1 Å². The summed E-state index contributed by atoms with van der Waals surface area (Å²) >= 11 is 3.22. The highest BCUT2D eigenvalue weighted by Crippen LogP contribution is 2.24. The SMILES string of the molecule is Cc1c(N)cccc1OCc1ccc(Br)cc1F. The van der Waals surface area contributed by atoms with Crippen LogP contribution in [0.25, 0.3) is 0 Å². The number of nitrogen functional groups attached to an aromatic ring is 1. The number of rotatable bonds is 3. The molecule has 2 aromatic rings. The van der Waals surface area contributed by atoms with Gasteiger partial charge in [0.25, 0.3) is 0 Å². The second kappa shape index (κ2) is 5.40. The highest BCUT2D eigenvalue weighted by Gasteiger charge is 2.06. The van der Waals surface area contributed by atoms with Gasteiger partial charge in [-0.05, 0) is 31.2 Å². The number of anilines is 1. The van der Waals surface area contributed by atoms with E-state index in [0.717, 1.165) is 5.56 Å². The Labute approximate surface area is 114 Å². The smallest absolute Gasteiger partial charge is 0.130 e. The highest BCUT2D eigenvalue weighted by molar-refractivity contribution is 9.10. The summed E-state index contributed by atoms with van der Waals surface area (Å²) in [5.41, 5.74) is 7.83. The number of nitrogens with two attached hydrogens (primary N) is 1. The number of ether oxygens (including phenoxy) is 1. The van der Waals surface area contributed by atoms with Crippen LogP contribution >= 0.6 is 15.9 Å². The molecule has 0 spiro atoms. The van der Waals surface area contributed by atoms with Gasteiger partial charge in [-0.3, -0.25) is 0 Å². The molecule has 0 fully saturated rings. The van der Waals surface area contributed by atoms with Gasteiger partial charge in [-0.25, -0.2) is 4.39 Å². The van der Waals surface area contributed by atoms with Crippen LogP contribution in [0.3, 0.4) is 0 Å². The van der Waals surface area contributed by atoms with Gasteiger partial charge in [0.2, 0.25) is 0 Å². The van der Waals surface area contributed by atoms with Crippen molar-refractivity contribution in [2.75, 3.05) is 5.73 Å². The van der Waals surface area contributed by atoms with Crippen LogP contribution in [-0.4, -0.2) is 0 Å². The Bertz CT molecular complexity index is 572. The van der Waals surface area contributed by atoms with Gasteiger partial charge in [0.1, 0.15) is 18.2 Å². The Morgan fingerprint density at radius 3 is 2.78 bits per heavy atom. The molecule has 0 saturated carbocycles. The van der Waals surface area contributed by atoms with Crippen LogP contribution in [0.15, 0.2) is 40.9 Å². The van der Waals surface area contributed by atoms with Crippen LogP contribution < -0.4 is 10.5 Å². The fraction of sp³-hybridized carbons (Fsp3) is 0.143. The monoisotopic (exact) mass is 309 g/mol. The Hall–Kier alpha value is -1.55. The summed E-state index contributed by atoms with van der Waals surface area (Å²) in [4.78, 5) is 0. The first kappa shape index (κ1) is 12.9. The molecule has 0 atom stereocenters. The van der Waals surface area contributed by atoms with Crippen molar-refractivity contribution in [3.8, 4) is 5.75 Å². The predicted octanol–water partition coefficient (Wildman–Crippen LogP) is 4.06. The lowest BCUT2D eigenvalue weighted by Gasteiger charge is -2.11. The van der Waals surface area contributed by atoms with E-state index < -0.39 is 0 Å². The molecule has 0 aromatic heterocycles. The van der Waals surface area contributed by atoms with Gasteiger partial charge in [-0.1, -0.05) is 28.1 Å². The summed E-state index contributed by atoms with van der Waals surface area (Å²) in [5.74, 6) is 0.392. The van der Waals surface area contributed by atoms with E-state index in [2.05, 4.69) is 15.9 Å². The zero-order valence-electron chi connectivity index (χ0n) is 9.91. The van der Waals surface area contributed by atoms with Gasteiger partial charge in [-0.2, -0.15) is 0 Å². The molecule has 0 amide bonds. The summed E-state index contributed by atoms with van der Waals surface area (Å²) in [6.07, 6.45) is 0. The normalized spacial score (nSPS) is 10.4. The Morgan fingerprint density at radius 1 is 1.28 bits per heavy atom. The molecule has 18 heavy (non-hydrogen) atoms. The van der Waals surface area contributed by atoms with Crippen molar-refractivity contribution in [1.29, 1.82) is 0 Å². The quantitative estimate of drug-likeness (QED) is 0.868. The molecular formula is C14H13BrFNO. The molecule has 2 nitrogen and oxygen atoms in total. The molecule has 0 bridgehead atoms. The minimum Gasteiger partial charge on any atom is -0.488 e. The lowest BCUT2D eigenvalue weighted by atomic mass is 10.2. The Morgan fingerprint density at radius 2 is 2.06 bits per heavy atom. The fourth-order valence-electron chi connectivity index (χ4n) is 1.58. The van der Waals surface area contributed by atoms with Gasteiger partial charge in [0, 0.05) is 21.3 Å². The number of benzene rings is 2. The zero-order valence-corrected chi connectivity index (χ0v) is 11.5. The first-order valence-corrected chi connectivity index (χ1v) is 6.29. The molecule has 0 radical (unpaired) electrons. The van der Waals surface area contributed by atoms with Crippen LogP contribution in [0.5, 0.6) is 5.75 Å². The molecule has 0 saturated heterocycles. The molecule has 2 N–H and O–H groups in total. The third kappa shape index (κ3) is 2.82. The summed E-state index contributed by atoms with van der Waals surface area (Å²) in [6, 6.07) is 10.3. The van der Waals surface area contributed by atoms with Crippen molar-refractivity contribution < 1.29 is 9.13 Å². The van der Waals surface area contributed by atoms with Gasteiger partial charge >= 0.3 is 0 Å². The first-order chi connectivity index (χ1) is 8.58. The average molecular weight is 310 g/mol. The lowest BCUT2D eigenvalue weighted by Crippen LogP contribution is -2.01. The Kier molecular flexibility index (Phi) is 3.87. The van der Waals surface area contributed by atoms with Crippen molar-refractivity contribution in [2.24, 2.45) is 0 Å². The maximum absolute atomic E-state index is 13.6. The van der Waals surface area contributed by atoms with E-state index >= 15 is 0 Å². The van der Waals surface area contributed by atoms with E-state index in [4.69, 9.17) is 10.5 Å². The van der Waals surface area contributed by atoms with Crippen molar-refractivity contribution in [3.63, 3.8) is 0 Å². The largest absolute Gasteiger partial charge is 0.488 e. The molecule has 0 aliphatic rings. The first-order valence-electron chi connectivity index (χ1n) is 5.50. The summed E-state index contributed by atoms with van der Waals surface area (Å²) in [7, 11) is 0. The molecule has 0 unspecified atom stereocenters. The molecule has 4 heteroatoms. The van der Waals surface area contributed by atoms with Crippen molar-refractivity contribution >= 4 is 21.6 Å². The van der Waals surface area contributed by atoms with Crippen LogP contribution in [-0.2, 0) is 6.61 Å². The standard InChI is InChI=1S/C14H13BrFNO/c1-9-13(17)3-2-4-14(9)18-8-10-5-6-11(15)7-12(10)16/h2-7H,8,17H2,1H3. The molecule has 94 valence electrons. The molecule has 0 aliphatic heterocycles. The number of hydrogen-bond acceptors (Lipinski definition) is 2. The zero-order chi connectivity index (χ0) is 13.1. The van der Waals surface area contributed by atoms with Crippen LogP contribution in [0.2, 0.25) is 0 Å². The minimum atomic E-state index is -0.286. The van der Waals surface area contributed by atoms with E-state index in [1.165, 1.54) is 6.07 Å².